The molecule has 5 nitrogen and oxygen atoms in total. The highest BCUT2D eigenvalue weighted by Gasteiger charge is 2.59. The second-order valence-corrected chi connectivity index (χ2v) is 5.91. The molecule has 0 aromatic heterocycles. The number of hydrogen-bond acceptors (Lipinski definition) is 5. The second kappa shape index (κ2) is 5.61. The van der Waals surface area contributed by atoms with Gasteiger partial charge in [0.05, 0.1) is 18.1 Å². The zero-order valence-corrected chi connectivity index (χ0v) is 12.6. The SMILES string of the molecule is C=CCOC(=O)C1=C(SC)[C@H](C)[C@@H]2[C@@H]([C@@H](C)O)C(=O)N12. The molecular formula is C14H19NO4S. The van der Waals surface area contributed by atoms with Crippen molar-refractivity contribution in [3.8, 4) is 0 Å². The van der Waals surface area contributed by atoms with E-state index in [0.29, 0.717) is 5.70 Å². The Morgan fingerprint density at radius 2 is 2.30 bits per heavy atom. The van der Waals surface area contributed by atoms with Gasteiger partial charge in [-0.25, -0.2) is 4.79 Å². The van der Waals surface area contributed by atoms with Gasteiger partial charge in [0.25, 0.3) is 0 Å². The third-order valence-corrected chi connectivity index (χ3v) is 4.86. The fourth-order valence-electron chi connectivity index (χ4n) is 2.99. The molecule has 0 aromatic rings. The topological polar surface area (TPSA) is 66.8 Å². The van der Waals surface area contributed by atoms with Gasteiger partial charge in [0, 0.05) is 10.8 Å². The molecule has 6 heteroatoms. The summed E-state index contributed by atoms with van der Waals surface area (Å²) in [4.78, 5) is 26.6. The average Bonchev–Trinajstić information content (AvgIpc) is 2.64. The number of aliphatic hydroxyl groups is 1. The Kier molecular flexibility index (Phi) is 4.25. The van der Waals surface area contributed by atoms with Crippen LogP contribution in [0.25, 0.3) is 0 Å². The Bertz CT molecular complexity index is 486. The van der Waals surface area contributed by atoms with Crippen LogP contribution in [0.4, 0.5) is 0 Å². The van der Waals surface area contributed by atoms with Gasteiger partial charge in [0.15, 0.2) is 0 Å². The van der Waals surface area contributed by atoms with E-state index in [-0.39, 0.29) is 24.5 Å². The predicted molar refractivity (Wildman–Crippen MR) is 76.7 cm³/mol. The molecule has 0 saturated carbocycles. The van der Waals surface area contributed by atoms with Crippen LogP contribution in [-0.2, 0) is 14.3 Å². The summed E-state index contributed by atoms with van der Waals surface area (Å²) in [7, 11) is 0. The minimum absolute atomic E-state index is 0.0357. The molecule has 2 heterocycles. The Hall–Kier alpha value is -1.27. The first-order valence-corrected chi connectivity index (χ1v) is 7.75. The summed E-state index contributed by atoms with van der Waals surface area (Å²) in [5, 5.41) is 9.73. The zero-order valence-electron chi connectivity index (χ0n) is 11.8. The number of thioether (sulfide) groups is 1. The number of carbonyl (C=O) groups is 2. The first kappa shape index (κ1) is 15.1. The number of fused-ring (bicyclic) bond motifs is 1. The molecule has 1 amide bonds. The van der Waals surface area contributed by atoms with E-state index in [1.54, 1.807) is 6.92 Å². The van der Waals surface area contributed by atoms with E-state index in [2.05, 4.69) is 6.58 Å². The van der Waals surface area contributed by atoms with Gasteiger partial charge >= 0.3 is 5.97 Å². The summed E-state index contributed by atoms with van der Waals surface area (Å²) in [6.45, 7) is 7.20. The van der Waals surface area contributed by atoms with E-state index in [0.717, 1.165) is 4.91 Å². The minimum Gasteiger partial charge on any atom is -0.457 e. The summed E-state index contributed by atoms with van der Waals surface area (Å²) < 4.78 is 5.07. The largest absolute Gasteiger partial charge is 0.457 e. The van der Waals surface area contributed by atoms with Crippen molar-refractivity contribution >= 4 is 23.6 Å². The number of hydrogen-bond donors (Lipinski definition) is 1. The quantitative estimate of drug-likeness (QED) is 0.468. The molecular weight excluding hydrogens is 278 g/mol. The van der Waals surface area contributed by atoms with Crippen molar-refractivity contribution in [2.24, 2.45) is 11.8 Å². The van der Waals surface area contributed by atoms with E-state index in [4.69, 9.17) is 4.74 Å². The van der Waals surface area contributed by atoms with Crippen LogP contribution in [0.3, 0.4) is 0 Å². The summed E-state index contributed by atoms with van der Waals surface area (Å²) >= 11 is 1.45. The van der Waals surface area contributed by atoms with Crippen molar-refractivity contribution in [2.45, 2.75) is 26.0 Å². The van der Waals surface area contributed by atoms with Gasteiger partial charge in [0.2, 0.25) is 5.91 Å². The van der Waals surface area contributed by atoms with Crippen LogP contribution >= 0.6 is 11.8 Å². The maximum absolute atomic E-state index is 12.2. The summed E-state index contributed by atoms with van der Waals surface area (Å²) in [6, 6.07) is -0.142. The maximum atomic E-state index is 12.2. The molecule has 4 atom stereocenters. The molecule has 110 valence electrons. The lowest BCUT2D eigenvalue weighted by Gasteiger charge is -2.46. The lowest BCUT2D eigenvalue weighted by Crippen LogP contribution is -2.63. The van der Waals surface area contributed by atoms with Gasteiger partial charge in [0.1, 0.15) is 12.3 Å². The Balaban J connectivity index is 2.30. The maximum Gasteiger partial charge on any atom is 0.356 e. The predicted octanol–water partition coefficient (Wildman–Crippen LogP) is 1.15. The first-order chi connectivity index (χ1) is 9.45. The number of carbonyl (C=O) groups excluding carboxylic acids is 2. The van der Waals surface area contributed by atoms with Crippen molar-refractivity contribution in [2.75, 3.05) is 12.9 Å². The van der Waals surface area contributed by atoms with Crippen molar-refractivity contribution in [1.29, 1.82) is 0 Å². The van der Waals surface area contributed by atoms with Crippen LogP contribution in [0.2, 0.25) is 0 Å². The zero-order chi connectivity index (χ0) is 15.0. The van der Waals surface area contributed by atoms with Gasteiger partial charge in [-0.05, 0) is 13.2 Å². The summed E-state index contributed by atoms with van der Waals surface area (Å²) in [5.41, 5.74) is 0.332. The van der Waals surface area contributed by atoms with Crippen LogP contribution in [-0.4, -0.2) is 46.9 Å². The summed E-state index contributed by atoms with van der Waals surface area (Å²) in [6.07, 6.45) is 2.65. The molecule has 20 heavy (non-hydrogen) atoms. The number of ether oxygens (including phenoxy) is 1. The van der Waals surface area contributed by atoms with Gasteiger partial charge in [-0.1, -0.05) is 19.6 Å². The molecule has 0 aromatic carbocycles. The Morgan fingerprint density at radius 3 is 2.80 bits per heavy atom. The molecule has 2 aliphatic rings. The lowest BCUT2D eigenvalue weighted by atomic mass is 9.79. The monoisotopic (exact) mass is 297 g/mol. The third kappa shape index (κ3) is 2.07. The van der Waals surface area contributed by atoms with Gasteiger partial charge in [-0.3, -0.25) is 4.79 Å². The van der Waals surface area contributed by atoms with Crippen LogP contribution in [0.5, 0.6) is 0 Å². The van der Waals surface area contributed by atoms with Crippen LogP contribution in [0.15, 0.2) is 23.3 Å². The van der Waals surface area contributed by atoms with Crippen molar-refractivity contribution < 1.29 is 19.4 Å². The van der Waals surface area contributed by atoms with Crippen molar-refractivity contribution in [1.82, 2.24) is 4.90 Å². The van der Waals surface area contributed by atoms with Crippen molar-refractivity contribution in [3.63, 3.8) is 0 Å². The van der Waals surface area contributed by atoms with Gasteiger partial charge in [-0.15, -0.1) is 11.8 Å². The van der Waals surface area contributed by atoms with Gasteiger partial charge < -0.3 is 14.7 Å². The normalized spacial score (nSPS) is 29.9. The molecule has 0 bridgehead atoms. The van der Waals surface area contributed by atoms with E-state index in [1.165, 1.54) is 22.7 Å². The Morgan fingerprint density at radius 1 is 1.65 bits per heavy atom. The highest BCUT2D eigenvalue weighted by Crippen LogP contribution is 2.50. The first-order valence-electron chi connectivity index (χ1n) is 6.53. The highest BCUT2D eigenvalue weighted by atomic mass is 32.2. The molecule has 2 rings (SSSR count). The number of rotatable bonds is 5. The van der Waals surface area contributed by atoms with Crippen molar-refractivity contribution in [3.05, 3.63) is 23.3 Å². The standard InChI is InChI=1S/C14H19NO4S/c1-5-6-19-14(18)11-12(20-4)7(2)10-9(8(3)16)13(17)15(10)11/h5,7-10,16H,1,6H2,2-4H3/t7-,8-,9-,10-/m1/s1. The summed E-state index contributed by atoms with van der Waals surface area (Å²) in [5.74, 6) is -1.10. The number of aliphatic hydroxyl groups excluding tert-OH is 1. The van der Waals surface area contributed by atoms with E-state index in [9.17, 15) is 14.7 Å². The average molecular weight is 297 g/mol. The van der Waals surface area contributed by atoms with E-state index < -0.39 is 18.0 Å². The molecule has 1 fully saturated rings. The van der Waals surface area contributed by atoms with Crippen LogP contribution < -0.4 is 0 Å². The molecule has 0 spiro atoms. The molecule has 0 aliphatic carbocycles. The van der Waals surface area contributed by atoms with E-state index >= 15 is 0 Å². The molecule has 2 aliphatic heterocycles. The van der Waals surface area contributed by atoms with E-state index in [1.807, 2.05) is 13.2 Å². The molecule has 0 radical (unpaired) electrons. The third-order valence-electron chi connectivity index (χ3n) is 3.85. The molecule has 1 saturated heterocycles. The number of nitrogens with zero attached hydrogens (tertiary/aromatic N) is 1. The highest BCUT2D eigenvalue weighted by molar-refractivity contribution is 8.02. The molecule has 0 unspecified atom stereocenters. The lowest BCUT2D eigenvalue weighted by molar-refractivity contribution is -0.164. The number of esters is 1. The van der Waals surface area contributed by atoms with Gasteiger partial charge in [-0.2, -0.15) is 0 Å². The smallest absolute Gasteiger partial charge is 0.356 e. The number of amides is 1. The molecule has 1 N–H and O–H groups in total. The van der Waals surface area contributed by atoms with Crippen LogP contribution in [0.1, 0.15) is 13.8 Å². The Labute approximate surface area is 122 Å². The fourth-order valence-corrected chi connectivity index (χ4v) is 3.88. The number of β-lactam (4-membered cyclic amide) rings is 1. The minimum atomic E-state index is -0.710. The fraction of sp³-hybridized carbons (Fsp3) is 0.571. The van der Waals surface area contributed by atoms with Crippen LogP contribution in [0, 0.1) is 11.8 Å². The second-order valence-electron chi connectivity index (χ2n) is 5.06.